The van der Waals surface area contributed by atoms with Gasteiger partial charge in [0, 0.05) is 19.5 Å². The van der Waals surface area contributed by atoms with E-state index in [9.17, 15) is 9.59 Å². The van der Waals surface area contributed by atoms with Crippen LogP contribution in [0.2, 0.25) is 0 Å². The maximum absolute atomic E-state index is 12.7. The lowest BCUT2D eigenvalue weighted by atomic mass is 10.0. The van der Waals surface area contributed by atoms with Crippen molar-refractivity contribution in [2.45, 2.75) is 31.7 Å². The summed E-state index contributed by atoms with van der Waals surface area (Å²) in [5.74, 6) is 1.47. The van der Waals surface area contributed by atoms with E-state index in [-0.39, 0.29) is 24.4 Å². The van der Waals surface area contributed by atoms with Gasteiger partial charge in [-0.3, -0.25) is 9.59 Å². The van der Waals surface area contributed by atoms with Crippen LogP contribution in [0.4, 0.5) is 0 Å². The third kappa shape index (κ3) is 3.18. The molecule has 2 amide bonds. The normalized spacial score (nSPS) is 20.6. The van der Waals surface area contributed by atoms with Crippen molar-refractivity contribution in [1.82, 2.24) is 9.80 Å². The summed E-state index contributed by atoms with van der Waals surface area (Å²) in [6.45, 7) is 1.63. The lowest BCUT2D eigenvalue weighted by Crippen LogP contribution is -2.40. The third-order valence-electron chi connectivity index (χ3n) is 4.86. The van der Waals surface area contributed by atoms with Crippen LogP contribution in [0.25, 0.3) is 0 Å². The number of amides is 2. The number of hydrogen-bond donors (Lipinski definition) is 0. The number of carbonyl (C=O) groups is 2. The van der Waals surface area contributed by atoms with Crippen LogP contribution in [0, 0.1) is 0 Å². The number of nitrogens with zero attached hydrogens (tertiary/aromatic N) is 2. The second-order valence-corrected chi connectivity index (χ2v) is 6.28. The lowest BCUT2D eigenvalue weighted by Gasteiger charge is -2.27. The standard InChI is InChI=1S/C18H24N2O4/c1-23-15-8-7-13(11-16(15)24-2)14-5-3-10-20(14)18(22)12-19-9-4-6-17(19)21/h7-8,11,14H,3-6,9-10,12H2,1-2H3/t14-/m0/s1. The van der Waals surface area contributed by atoms with E-state index in [0.717, 1.165) is 31.4 Å². The van der Waals surface area contributed by atoms with E-state index in [4.69, 9.17) is 9.47 Å². The summed E-state index contributed by atoms with van der Waals surface area (Å²) in [6, 6.07) is 5.84. The molecule has 24 heavy (non-hydrogen) atoms. The summed E-state index contributed by atoms with van der Waals surface area (Å²) in [4.78, 5) is 28.0. The number of carbonyl (C=O) groups excluding carboxylic acids is 2. The average molecular weight is 332 g/mol. The van der Waals surface area contributed by atoms with Crippen molar-refractivity contribution < 1.29 is 19.1 Å². The molecule has 1 aromatic rings. The molecular formula is C18H24N2O4. The predicted octanol–water partition coefficient (Wildman–Crippen LogP) is 1.99. The van der Waals surface area contributed by atoms with E-state index in [0.29, 0.717) is 24.5 Å². The minimum Gasteiger partial charge on any atom is -0.493 e. The first-order valence-electron chi connectivity index (χ1n) is 8.43. The summed E-state index contributed by atoms with van der Waals surface area (Å²) in [5.41, 5.74) is 1.05. The second-order valence-electron chi connectivity index (χ2n) is 6.28. The van der Waals surface area contributed by atoms with Gasteiger partial charge in [0.05, 0.1) is 26.8 Å². The van der Waals surface area contributed by atoms with E-state index < -0.39 is 0 Å². The molecule has 0 aromatic heterocycles. The van der Waals surface area contributed by atoms with Gasteiger partial charge in [-0.05, 0) is 37.0 Å². The molecule has 6 nitrogen and oxygen atoms in total. The highest BCUT2D eigenvalue weighted by molar-refractivity contribution is 5.86. The number of benzene rings is 1. The molecule has 0 unspecified atom stereocenters. The Morgan fingerprint density at radius 1 is 1.17 bits per heavy atom. The molecule has 1 atom stereocenters. The highest BCUT2D eigenvalue weighted by Gasteiger charge is 2.32. The molecule has 2 heterocycles. The summed E-state index contributed by atoms with van der Waals surface area (Å²) in [7, 11) is 3.22. The quantitative estimate of drug-likeness (QED) is 0.827. The van der Waals surface area contributed by atoms with Gasteiger partial charge in [-0.1, -0.05) is 6.07 Å². The highest BCUT2D eigenvalue weighted by Crippen LogP contribution is 2.37. The van der Waals surface area contributed by atoms with E-state index in [2.05, 4.69) is 0 Å². The number of ether oxygens (including phenoxy) is 2. The minimum atomic E-state index is 0.0301. The van der Waals surface area contributed by atoms with Gasteiger partial charge < -0.3 is 19.3 Å². The maximum Gasteiger partial charge on any atom is 0.242 e. The first-order chi connectivity index (χ1) is 11.6. The molecule has 0 bridgehead atoms. The Hall–Kier alpha value is -2.24. The highest BCUT2D eigenvalue weighted by atomic mass is 16.5. The van der Waals surface area contributed by atoms with Gasteiger partial charge in [0.2, 0.25) is 11.8 Å². The van der Waals surface area contributed by atoms with E-state index in [1.54, 1.807) is 19.1 Å². The monoisotopic (exact) mass is 332 g/mol. The van der Waals surface area contributed by atoms with Crippen molar-refractivity contribution in [3.05, 3.63) is 23.8 Å². The Kier molecular flexibility index (Phi) is 4.92. The van der Waals surface area contributed by atoms with Crippen LogP contribution in [0.5, 0.6) is 11.5 Å². The van der Waals surface area contributed by atoms with Crippen molar-refractivity contribution in [2.75, 3.05) is 33.9 Å². The fourth-order valence-corrected chi connectivity index (χ4v) is 3.60. The maximum atomic E-state index is 12.7. The largest absolute Gasteiger partial charge is 0.493 e. The minimum absolute atomic E-state index is 0.0301. The second kappa shape index (κ2) is 7.11. The van der Waals surface area contributed by atoms with Gasteiger partial charge in [-0.2, -0.15) is 0 Å². The van der Waals surface area contributed by atoms with Crippen LogP contribution < -0.4 is 9.47 Å². The zero-order valence-electron chi connectivity index (χ0n) is 14.3. The first-order valence-corrected chi connectivity index (χ1v) is 8.43. The lowest BCUT2D eigenvalue weighted by molar-refractivity contribution is -0.139. The van der Waals surface area contributed by atoms with Crippen molar-refractivity contribution >= 4 is 11.8 Å². The van der Waals surface area contributed by atoms with Crippen LogP contribution in [0.3, 0.4) is 0 Å². The Bertz CT molecular complexity index is 631. The van der Waals surface area contributed by atoms with Gasteiger partial charge >= 0.3 is 0 Å². The van der Waals surface area contributed by atoms with Gasteiger partial charge in [-0.25, -0.2) is 0 Å². The Morgan fingerprint density at radius 3 is 2.62 bits per heavy atom. The van der Waals surface area contributed by atoms with Gasteiger partial charge in [0.25, 0.3) is 0 Å². The number of rotatable bonds is 5. The number of likely N-dealkylation sites (tertiary alicyclic amines) is 2. The van der Waals surface area contributed by atoms with Crippen LogP contribution in [0.1, 0.15) is 37.3 Å². The SMILES string of the molecule is COc1ccc([C@@H]2CCCN2C(=O)CN2CCCC2=O)cc1OC. The summed E-state index contributed by atoms with van der Waals surface area (Å²) < 4.78 is 10.7. The smallest absolute Gasteiger partial charge is 0.242 e. The van der Waals surface area contributed by atoms with E-state index >= 15 is 0 Å². The molecule has 0 radical (unpaired) electrons. The van der Waals surface area contributed by atoms with E-state index in [1.165, 1.54) is 0 Å². The first kappa shape index (κ1) is 16.6. The predicted molar refractivity (Wildman–Crippen MR) is 89.0 cm³/mol. The number of hydrogen-bond acceptors (Lipinski definition) is 4. The molecule has 2 fully saturated rings. The molecule has 130 valence electrons. The zero-order chi connectivity index (χ0) is 17.1. The molecule has 6 heteroatoms. The number of methoxy groups -OCH3 is 2. The molecule has 2 saturated heterocycles. The summed E-state index contributed by atoms with van der Waals surface area (Å²) >= 11 is 0. The molecule has 0 spiro atoms. The van der Waals surface area contributed by atoms with Crippen molar-refractivity contribution in [3.63, 3.8) is 0 Å². The van der Waals surface area contributed by atoms with Crippen molar-refractivity contribution in [3.8, 4) is 11.5 Å². The fourth-order valence-electron chi connectivity index (χ4n) is 3.60. The Balaban J connectivity index is 1.75. The van der Waals surface area contributed by atoms with Gasteiger partial charge in [0.1, 0.15) is 0 Å². The van der Waals surface area contributed by atoms with E-state index in [1.807, 2.05) is 23.1 Å². The summed E-state index contributed by atoms with van der Waals surface area (Å²) in [6.07, 6.45) is 3.31. The molecule has 2 aliphatic heterocycles. The molecule has 1 aromatic carbocycles. The molecule has 2 aliphatic rings. The topological polar surface area (TPSA) is 59.1 Å². The zero-order valence-corrected chi connectivity index (χ0v) is 14.3. The van der Waals surface area contributed by atoms with Crippen molar-refractivity contribution in [1.29, 1.82) is 0 Å². The molecule has 3 rings (SSSR count). The molecule has 0 N–H and O–H groups in total. The summed E-state index contributed by atoms with van der Waals surface area (Å²) in [5, 5.41) is 0. The Morgan fingerprint density at radius 2 is 1.96 bits per heavy atom. The van der Waals surface area contributed by atoms with Gasteiger partial charge in [0.15, 0.2) is 11.5 Å². The average Bonchev–Trinajstić information content (AvgIpc) is 3.23. The van der Waals surface area contributed by atoms with Crippen LogP contribution in [0.15, 0.2) is 18.2 Å². The van der Waals surface area contributed by atoms with Crippen LogP contribution >= 0.6 is 0 Å². The van der Waals surface area contributed by atoms with Crippen molar-refractivity contribution in [2.24, 2.45) is 0 Å². The van der Waals surface area contributed by atoms with Crippen LogP contribution in [-0.2, 0) is 9.59 Å². The Labute approximate surface area is 142 Å². The molecular weight excluding hydrogens is 308 g/mol. The van der Waals surface area contributed by atoms with Crippen LogP contribution in [-0.4, -0.2) is 55.5 Å². The fraction of sp³-hybridized carbons (Fsp3) is 0.556. The molecule has 0 saturated carbocycles. The molecule has 0 aliphatic carbocycles. The van der Waals surface area contributed by atoms with Gasteiger partial charge in [-0.15, -0.1) is 0 Å². The third-order valence-corrected chi connectivity index (χ3v) is 4.86.